The number of pyridine rings is 1. The van der Waals surface area contributed by atoms with Gasteiger partial charge in [-0.1, -0.05) is 12.1 Å². The third kappa shape index (κ3) is 2.23. The van der Waals surface area contributed by atoms with Crippen molar-refractivity contribution < 1.29 is 0 Å². The maximum atomic E-state index is 4.53. The Kier molecular flexibility index (Phi) is 2.64. The first-order valence-electron chi connectivity index (χ1n) is 6.55. The third-order valence-electron chi connectivity index (χ3n) is 3.21. The second-order valence-corrected chi connectivity index (χ2v) is 4.62. The first-order valence-corrected chi connectivity index (χ1v) is 6.55. The smallest absolute Gasteiger partial charge is 0.208 e. The van der Waals surface area contributed by atoms with E-state index in [0.29, 0.717) is 11.9 Å². The van der Waals surface area contributed by atoms with Crippen molar-refractivity contribution >= 4 is 22.9 Å². The number of rotatable bonds is 3. The molecule has 3 heterocycles. The molecule has 4 rings (SSSR count). The van der Waals surface area contributed by atoms with Gasteiger partial charge in [0.1, 0.15) is 0 Å². The molecule has 0 spiro atoms. The molecule has 0 aliphatic carbocycles. The van der Waals surface area contributed by atoms with Crippen molar-refractivity contribution in [1.29, 1.82) is 0 Å². The van der Waals surface area contributed by atoms with E-state index in [1.165, 1.54) is 0 Å². The maximum Gasteiger partial charge on any atom is 0.208 e. The van der Waals surface area contributed by atoms with Crippen LogP contribution >= 0.6 is 0 Å². The average Bonchev–Trinajstić information content (AvgIpc) is 3.16. The Morgan fingerprint density at radius 1 is 1.00 bits per heavy atom. The molecule has 0 radical (unpaired) electrons. The highest BCUT2D eigenvalue weighted by molar-refractivity contribution is 5.83. The monoisotopic (exact) mass is 276 g/mol. The lowest BCUT2D eigenvalue weighted by molar-refractivity contribution is 1.22. The highest BCUT2D eigenvalue weighted by atomic mass is 15.2. The van der Waals surface area contributed by atoms with Crippen LogP contribution in [0, 0.1) is 0 Å². The Hall–Kier alpha value is -3.15. The van der Waals surface area contributed by atoms with E-state index < -0.39 is 0 Å². The van der Waals surface area contributed by atoms with Gasteiger partial charge in [0, 0.05) is 30.4 Å². The van der Waals surface area contributed by atoms with Crippen molar-refractivity contribution in [1.82, 2.24) is 24.9 Å². The summed E-state index contributed by atoms with van der Waals surface area (Å²) in [5.74, 6) is 1.31. The van der Waals surface area contributed by atoms with Gasteiger partial charge in [0.2, 0.25) is 11.9 Å². The van der Waals surface area contributed by atoms with E-state index in [-0.39, 0.29) is 0 Å². The molecular formula is C15H12N6. The number of nitrogens with zero attached hydrogens (tertiary/aromatic N) is 3. The Labute approximate surface area is 120 Å². The minimum absolute atomic E-state index is 0.654. The van der Waals surface area contributed by atoms with Crippen molar-refractivity contribution in [3.8, 4) is 11.1 Å². The summed E-state index contributed by atoms with van der Waals surface area (Å²) in [4.78, 5) is 19.0. The van der Waals surface area contributed by atoms with E-state index in [1.807, 2.05) is 36.5 Å². The number of hydrogen-bond donors (Lipinski definition) is 3. The number of fused-ring (bicyclic) bond motifs is 1. The minimum atomic E-state index is 0.654. The molecule has 0 saturated carbocycles. The number of aromatic amines is 2. The molecule has 4 aromatic rings. The second-order valence-electron chi connectivity index (χ2n) is 4.62. The van der Waals surface area contributed by atoms with Gasteiger partial charge < -0.3 is 9.97 Å². The fourth-order valence-electron chi connectivity index (χ4n) is 2.22. The molecule has 0 fully saturated rings. The molecule has 0 unspecified atom stereocenters. The number of H-pyrrole nitrogens is 2. The summed E-state index contributed by atoms with van der Waals surface area (Å²) in [5, 5.41) is 3.09. The minimum Gasteiger partial charge on any atom is -0.331 e. The molecule has 21 heavy (non-hydrogen) atoms. The van der Waals surface area contributed by atoms with Gasteiger partial charge in [-0.3, -0.25) is 10.3 Å². The first-order chi connectivity index (χ1) is 10.4. The molecule has 3 N–H and O–H groups in total. The summed E-state index contributed by atoms with van der Waals surface area (Å²) < 4.78 is 0. The van der Waals surface area contributed by atoms with Gasteiger partial charge in [0.25, 0.3) is 0 Å². The first kappa shape index (κ1) is 11.7. The lowest BCUT2D eigenvalue weighted by atomic mass is 10.1. The van der Waals surface area contributed by atoms with Crippen LogP contribution in [0.1, 0.15) is 0 Å². The Balaban J connectivity index is 1.71. The normalized spacial score (nSPS) is 10.9. The van der Waals surface area contributed by atoms with Crippen molar-refractivity contribution in [2.75, 3.05) is 5.32 Å². The number of imidazole rings is 2. The number of hydrogen-bond acceptors (Lipinski definition) is 4. The summed E-state index contributed by atoms with van der Waals surface area (Å²) in [7, 11) is 0. The molecule has 6 nitrogen and oxygen atoms in total. The average molecular weight is 276 g/mol. The van der Waals surface area contributed by atoms with Crippen LogP contribution in [0.2, 0.25) is 0 Å². The van der Waals surface area contributed by atoms with Crippen molar-refractivity contribution in [3.05, 3.63) is 55.1 Å². The maximum absolute atomic E-state index is 4.53. The summed E-state index contributed by atoms with van der Waals surface area (Å²) in [5.41, 5.74) is 4.02. The van der Waals surface area contributed by atoms with Gasteiger partial charge in [0.05, 0.1) is 11.0 Å². The van der Waals surface area contributed by atoms with Gasteiger partial charge >= 0.3 is 0 Å². The Morgan fingerprint density at radius 3 is 2.81 bits per heavy atom. The predicted molar refractivity (Wildman–Crippen MR) is 81.2 cm³/mol. The molecule has 6 heteroatoms. The van der Waals surface area contributed by atoms with Crippen LogP contribution in [0.25, 0.3) is 22.2 Å². The number of nitrogens with one attached hydrogen (secondary N) is 3. The molecule has 102 valence electrons. The van der Waals surface area contributed by atoms with Crippen LogP contribution in [0.3, 0.4) is 0 Å². The van der Waals surface area contributed by atoms with Crippen LogP contribution in [-0.2, 0) is 0 Å². The lowest BCUT2D eigenvalue weighted by Gasteiger charge is -1.99. The van der Waals surface area contributed by atoms with E-state index in [1.54, 1.807) is 18.6 Å². The largest absolute Gasteiger partial charge is 0.331 e. The van der Waals surface area contributed by atoms with Gasteiger partial charge in [-0.25, -0.2) is 9.97 Å². The van der Waals surface area contributed by atoms with E-state index in [4.69, 9.17) is 0 Å². The summed E-state index contributed by atoms with van der Waals surface area (Å²) in [6.07, 6.45) is 7.05. The third-order valence-corrected chi connectivity index (χ3v) is 3.21. The van der Waals surface area contributed by atoms with E-state index in [9.17, 15) is 0 Å². The quantitative estimate of drug-likeness (QED) is 0.537. The SMILES string of the molecule is c1cncc(-c2ccc3[nH]c(Nc4ncc[nH]4)nc3c2)c1. The Morgan fingerprint density at radius 2 is 2.00 bits per heavy atom. The lowest BCUT2D eigenvalue weighted by Crippen LogP contribution is -1.93. The Bertz CT molecular complexity index is 864. The zero-order valence-electron chi connectivity index (χ0n) is 11.0. The number of aromatic nitrogens is 5. The molecule has 0 atom stereocenters. The van der Waals surface area contributed by atoms with Crippen molar-refractivity contribution in [2.45, 2.75) is 0 Å². The zero-order chi connectivity index (χ0) is 14.1. The van der Waals surface area contributed by atoms with Crippen LogP contribution < -0.4 is 5.32 Å². The van der Waals surface area contributed by atoms with E-state index in [2.05, 4.69) is 30.2 Å². The fraction of sp³-hybridized carbons (Fsp3) is 0. The molecule has 0 saturated heterocycles. The summed E-state index contributed by atoms with van der Waals surface area (Å²) in [6.45, 7) is 0. The molecule has 0 aliphatic heterocycles. The highest BCUT2D eigenvalue weighted by Gasteiger charge is 2.06. The van der Waals surface area contributed by atoms with Gasteiger partial charge in [-0.05, 0) is 23.8 Å². The van der Waals surface area contributed by atoms with E-state index >= 15 is 0 Å². The summed E-state index contributed by atoms with van der Waals surface area (Å²) in [6, 6.07) is 10.1. The topological polar surface area (TPSA) is 82.3 Å². The van der Waals surface area contributed by atoms with Gasteiger partial charge in [0.15, 0.2) is 0 Å². The van der Waals surface area contributed by atoms with Crippen LogP contribution in [-0.4, -0.2) is 24.9 Å². The van der Waals surface area contributed by atoms with Crippen LogP contribution in [0.15, 0.2) is 55.1 Å². The highest BCUT2D eigenvalue weighted by Crippen LogP contribution is 2.24. The van der Waals surface area contributed by atoms with E-state index in [0.717, 1.165) is 22.2 Å². The standard InChI is InChI=1S/C15H12N6/c1-2-11(9-16-5-1)10-3-4-12-13(8-10)20-15(19-12)21-14-17-6-7-18-14/h1-9H,(H3,17,18,19,20,21). The molecule has 1 aromatic carbocycles. The zero-order valence-corrected chi connectivity index (χ0v) is 11.0. The molecule has 3 aromatic heterocycles. The van der Waals surface area contributed by atoms with Crippen molar-refractivity contribution in [3.63, 3.8) is 0 Å². The number of benzene rings is 1. The predicted octanol–water partition coefficient (Wildman–Crippen LogP) is 3.09. The van der Waals surface area contributed by atoms with Crippen LogP contribution in [0.4, 0.5) is 11.9 Å². The van der Waals surface area contributed by atoms with Gasteiger partial charge in [-0.15, -0.1) is 0 Å². The van der Waals surface area contributed by atoms with Crippen molar-refractivity contribution in [2.24, 2.45) is 0 Å². The van der Waals surface area contributed by atoms with Crippen LogP contribution in [0.5, 0.6) is 0 Å². The molecular weight excluding hydrogens is 264 g/mol. The number of anilines is 2. The molecule has 0 amide bonds. The fourth-order valence-corrected chi connectivity index (χ4v) is 2.22. The second kappa shape index (κ2) is 4.75. The summed E-state index contributed by atoms with van der Waals surface area (Å²) >= 11 is 0. The van der Waals surface area contributed by atoms with Gasteiger partial charge in [-0.2, -0.15) is 0 Å². The molecule has 0 bridgehead atoms. The molecule has 0 aliphatic rings.